The predicted octanol–water partition coefficient (Wildman–Crippen LogP) is 9.43. The van der Waals surface area contributed by atoms with E-state index in [2.05, 4.69) is 130 Å². The van der Waals surface area contributed by atoms with Crippen LogP contribution in [0, 0.1) is 12.3 Å². The second-order valence-electron chi connectivity index (χ2n) is 12.0. The molecule has 2 aromatic heterocycles. The Balaban J connectivity index is 1.57. The van der Waals surface area contributed by atoms with Crippen LogP contribution in [-0.4, -0.2) is 0 Å². The first kappa shape index (κ1) is 23.0. The average Bonchev–Trinajstić information content (AvgIpc) is 3.26. The molecule has 0 aliphatic carbocycles. The van der Waals surface area contributed by atoms with Gasteiger partial charge in [-0.2, -0.15) is 0 Å². The Morgan fingerprint density at radius 3 is 1.89 bits per heavy atom. The minimum atomic E-state index is 0.225. The standard InChI is InChI=1S/C36H32NO/c1-22-14-15-28-31-19-29-26-12-8-6-10-24(26)25-11-7-9-13-27(25)30(29)20-33(31)38-35(28)34(22)32-18-23(16-17-37(32)5)21-36(2,3)4/h6-20H,21H2,1-5H3/q+1. The van der Waals surface area contributed by atoms with Crippen LogP contribution < -0.4 is 4.57 Å². The molecule has 0 radical (unpaired) electrons. The summed E-state index contributed by atoms with van der Waals surface area (Å²) in [7, 11) is 2.13. The summed E-state index contributed by atoms with van der Waals surface area (Å²) in [6.45, 7) is 9.07. The van der Waals surface area contributed by atoms with E-state index in [0.717, 1.165) is 17.6 Å². The molecule has 5 aromatic carbocycles. The number of hydrogen-bond acceptors (Lipinski definition) is 1. The SMILES string of the molecule is Cc1ccc2c(oc3cc4c5ccccc5c5ccccc5c4cc32)c1-c1cc(CC(C)(C)C)cc[n+]1C. The molecule has 0 N–H and O–H groups in total. The van der Waals surface area contributed by atoms with E-state index in [1.807, 2.05) is 0 Å². The summed E-state index contributed by atoms with van der Waals surface area (Å²) in [5.74, 6) is 0. The first-order chi connectivity index (χ1) is 18.3. The normalized spacial score (nSPS) is 12.4. The van der Waals surface area contributed by atoms with Gasteiger partial charge in [0.25, 0.3) is 0 Å². The lowest BCUT2D eigenvalue weighted by Crippen LogP contribution is -2.31. The minimum absolute atomic E-state index is 0.225. The summed E-state index contributed by atoms with van der Waals surface area (Å²) in [6.07, 6.45) is 3.21. The molecule has 2 nitrogen and oxygen atoms in total. The lowest BCUT2D eigenvalue weighted by Gasteiger charge is -2.18. The topological polar surface area (TPSA) is 17.0 Å². The van der Waals surface area contributed by atoms with Crippen LogP contribution in [0.2, 0.25) is 0 Å². The summed E-state index contributed by atoms with van der Waals surface area (Å²) < 4.78 is 8.99. The quantitative estimate of drug-likeness (QED) is 0.173. The monoisotopic (exact) mass is 494 g/mol. The van der Waals surface area contributed by atoms with Gasteiger partial charge in [-0.25, -0.2) is 4.57 Å². The second-order valence-corrected chi connectivity index (χ2v) is 12.0. The summed E-state index contributed by atoms with van der Waals surface area (Å²) in [5, 5.41) is 9.97. The fraction of sp³-hybridized carbons (Fsp3) is 0.194. The van der Waals surface area contributed by atoms with E-state index in [-0.39, 0.29) is 5.41 Å². The molecule has 0 unspecified atom stereocenters. The largest absolute Gasteiger partial charge is 0.455 e. The molecule has 0 atom stereocenters. The first-order valence-electron chi connectivity index (χ1n) is 13.5. The van der Waals surface area contributed by atoms with Gasteiger partial charge in [-0.1, -0.05) is 81.4 Å². The van der Waals surface area contributed by atoms with E-state index in [4.69, 9.17) is 4.42 Å². The van der Waals surface area contributed by atoms with Gasteiger partial charge in [0, 0.05) is 22.9 Å². The van der Waals surface area contributed by atoms with E-state index < -0.39 is 0 Å². The van der Waals surface area contributed by atoms with Crippen LogP contribution in [0.3, 0.4) is 0 Å². The van der Waals surface area contributed by atoms with Crippen molar-refractivity contribution in [2.24, 2.45) is 12.5 Å². The zero-order chi connectivity index (χ0) is 26.2. The fourth-order valence-corrected chi connectivity index (χ4v) is 6.24. The number of furan rings is 1. The number of aromatic nitrogens is 1. The van der Waals surface area contributed by atoms with Crippen molar-refractivity contribution in [1.29, 1.82) is 0 Å². The molecule has 186 valence electrons. The Morgan fingerprint density at radius 2 is 1.26 bits per heavy atom. The van der Waals surface area contributed by atoms with Gasteiger partial charge < -0.3 is 4.42 Å². The average molecular weight is 495 g/mol. The van der Waals surface area contributed by atoms with E-state index >= 15 is 0 Å². The first-order valence-corrected chi connectivity index (χ1v) is 13.5. The van der Waals surface area contributed by atoms with Crippen molar-refractivity contribution < 1.29 is 8.98 Å². The van der Waals surface area contributed by atoms with E-state index in [0.29, 0.717) is 0 Å². The summed E-state index contributed by atoms with van der Waals surface area (Å²) in [6, 6.07) is 31.1. The Kier molecular flexibility index (Phi) is 4.94. The number of pyridine rings is 1. The van der Waals surface area contributed by atoms with Gasteiger partial charge in [0.05, 0.1) is 5.56 Å². The van der Waals surface area contributed by atoms with Crippen LogP contribution >= 0.6 is 0 Å². The second kappa shape index (κ2) is 8.16. The van der Waals surface area contributed by atoms with Gasteiger partial charge in [0.1, 0.15) is 18.2 Å². The number of hydrogen-bond donors (Lipinski definition) is 0. The van der Waals surface area contributed by atoms with Crippen LogP contribution in [0.25, 0.3) is 65.5 Å². The molecular formula is C36H32NO+. The highest BCUT2D eigenvalue weighted by Crippen LogP contribution is 2.42. The lowest BCUT2D eigenvalue weighted by atomic mass is 9.87. The molecule has 38 heavy (non-hydrogen) atoms. The van der Waals surface area contributed by atoms with Crippen molar-refractivity contribution in [1.82, 2.24) is 0 Å². The van der Waals surface area contributed by atoms with Crippen LogP contribution in [-0.2, 0) is 13.5 Å². The maximum atomic E-state index is 6.77. The van der Waals surface area contributed by atoms with Crippen LogP contribution in [0.15, 0.2) is 95.5 Å². The van der Waals surface area contributed by atoms with Crippen LogP contribution in [0.1, 0.15) is 31.9 Å². The van der Waals surface area contributed by atoms with Gasteiger partial charge in [-0.15, -0.1) is 0 Å². The van der Waals surface area contributed by atoms with Crippen LogP contribution in [0.4, 0.5) is 0 Å². The molecule has 0 aliphatic rings. The number of nitrogens with zero attached hydrogens (tertiary/aromatic N) is 1. The van der Waals surface area contributed by atoms with E-state index in [9.17, 15) is 0 Å². The van der Waals surface area contributed by atoms with Crippen molar-refractivity contribution in [2.75, 3.05) is 0 Å². The Hall–Kier alpha value is -4.17. The summed E-state index contributed by atoms with van der Waals surface area (Å²) in [4.78, 5) is 0. The fourth-order valence-electron chi connectivity index (χ4n) is 6.24. The Bertz CT molecular complexity index is 2050. The molecule has 0 bridgehead atoms. The number of aryl methyl sites for hydroxylation is 2. The van der Waals surface area contributed by atoms with Crippen molar-refractivity contribution in [3.63, 3.8) is 0 Å². The Morgan fingerprint density at radius 1 is 0.658 bits per heavy atom. The van der Waals surface area contributed by atoms with Gasteiger partial charge >= 0.3 is 0 Å². The summed E-state index contributed by atoms with van der Waals surface area (Å²) >= 11 is 0. The third-order valence-electron chi connectivity index (χ3n) is 7.92. The third kappa shape index (κ3) is 3.51. The van der Waals surface area contributed by atoms with Crippen molar-refractivity contribution >= 4 is 54.3 Å². The Labute approximate surface area is 223 Å². The van der Waals surface area contributed by atoms with Gasteiger partial charge in [0.15, 0.2) is 6.20 Å². The zero-order valence-electron chi connectivity index (χ0n) is 22.7. The smallest absolute Gasteiger partial charge is 0.216 e. The molecule has 0 aliphatic heterocycles. The van der Waals surface area contributed by atoms with Crippen LogP contribution in [0.5, 0.6) is 0 Å². The third-order valence-corrected chi connectivity index (χ3v) is 7.92. The minimum Gasteiger partial charge on any atom is -0.455 e. The van der Waals surface area contributed by atoms with Crippen molar-refractivity contribution in [2.45, 2.75) is 34.1 Å². The van der Waals surface area contributed by atoms with E-state index in [1.54, 1.807) is 0 Å². The maximum Gasteiger partial charge on any atom is 0.216 e. The van der Waals surface area contributed by atoms with E-state index in [1.165, 1.54) is 65.5 Å². The van der Waals surface area contributed by atoms with Crippen molar-refractivity contribution in [3.8, 4) is 11.3 Å². The molecule has 0 saturated heterocycles. The highest BCUT2D eigenvalue weighted by Gasteiger charge is 2.23. The number of rotatable bonds is 2. The highest BCUT2D eigenvalue weighted by molar-refractivity contribution is 6.28. The molecule has 0 spiro atoms. The molecule has 2 heterocycles. The maximum absolute atomic E-state index is 6.77. The number of fused-ring (bicyclic) bond motifs is 9. The molecular weight excluding hydrogens is 462 g/mol. The van der Waals surface area contributed by atoms with Crippen molar-refractivity contribution in [3.05, 3.63) is 102 Å². The molecule has 7 aromatic rings. The predicted molar refractivity (Wildman–Crippen MR) is 161 cm³/mol. The number of benzene rings is 5. The molecule has 7 rings (SSSR count). The molecule has 2 heteroatoms. The van der Waals surface area contributed by atoms with Gasteiger partial charge in [-0.05, 0) is 74.3 Å². The highest BCUT2D eigenvalue weighted by atomic mass is 16.3. The lowest BCUT2D eigenvalue weighted by molar-refractivity contribution is -0.660. The summed E-state index contributed by atoms with van der Waals surface area (Å²) in [5.41, 5.74) is 7.07. The van der Waals surface area contributed by atoms with Gasteiger partial charge in [0.2, 0.25) is 5.69 Å². The molecule has 0 fully saturated rings. The zero-order valence-corrected chi connectivity index (χ0v) is 22.7. The molecule has 0 saturated carbocycles. The van der Waals surface area contributed by atoms with Gasteiger partial charge in [-0.3, -0.25) is 0 Å². The molecule has 0 amide bonds.